The summed E-state index contributed by atoms with van der Waals surface area (Å²) in [6.45, 7) is 4.31. The number of hydrogen-bond donors (Lipinski definition) is 1. The Bertz CT molecular complexity index is 578. The standard InChI is InChI=1S/C17H19NO2/c1-2-19-16-6-3-13(4-7-16)12-18-15-5-8-17-14(11-15)9-10-20-17/h3-8,11,18H,2,9-10,12H2,1H3. The van der Waals surface area contributed by atoms with Crippen molar-refractivity contribution >= 4 is 5.69 Å². The molecule has 20 heavy (non-hydrogen) atoms. The lowest BCUT2D eigenvalue weighted by atomic mass is 10.1. The largest absolute Gasteiger partial charge is 0.494 e. The first-order valence-corrected chi connectivity index (χ1v) is 7.06. The van der Waals surface area contributed by atoms with E-state index in [2.05, 4.69) is 29.6 Å². The highest BCUT2D eigenvalue weighted by molar-refractivity contribution is 5.52. The van der Waals surface area contributed by atoms with Crippen molar-refractivity contribution in [3.05, 3.63) is 53.6 Å². The van der Waals surface area contributed by atoms with Gasteiger partial charge in [-0.15, -0.1) is 0 Å². The highest BCUT2D eigenvalue weighted by Gasteiger charge is 2.11. The van der Waals surface area contributed by atoms with Gasteiger partial charge in [0.1, 0.15) is 11.5 Å². The third-order valence-corrected chi connectivity index (χ3v) is 3.42. The molecule has 1 aliphatic rings. The van der Waals surface area contributed by atoms with Gasteiger partial charge in [-0.2, -0.15) is 0 Å². The summed E-state index contributed by atoms with van der Waals surface area (Å²) >= 11 is 0. The normalized spacial score (nSPS) is 12.7. The van der Waals surface area contributed by atoms with E-state index in [0.29, 0.717) is 6.61 Å². The molecule has 1 heterocycles. The number of hydrogen-bond acceptors (Lipinski definition) is 3. The number of rotatable bonds is 5. The minimum atomic E-state index is 0.703. The Labute approximate surface area is 119 Å². The minimum absolute atomic E-state index is 0.703. The third kappa shape index (κ3) is 2.87. The van der Waals surface area contributed by atoms with Crippen molar-refractivity contribution in [3.63, 3.8) is 0 Å². The van der Waals surface area contributed by atoms with E-state index in [-0.39, 0.29) is 0 Å². The topological polar surface area (TPSA) is 30.5 Å². The molecular formula is C17H19NO2. The molecule has 2 aromatic carbocycles. The van der Waals surface area contributed by atoms with Gasteiger partial charge in [-0.1, -0.05) is 12.1 Å². The van der Waals surface area contributed by atoms with Crippen molar-refractivity contribution in [2.45, 2.75) is 19.9 Å². The molecule has 3 rings (SSSR count). The molecule has 0 radical (unpaired) electrons. The van der Waals surface area contributed by atoms with Crippen LogP contribution in [0.1, 0.15) is 18.1 Å². The van der Waals surface area contributed by atoms with Crippen LogP contribution < -0.4 is 14.8 Å². The fraction of sp³-hybridized carbons (Fsp3) is 0.294. The van der Waals surface area contributed by atoms with E-state index in [9.17, 15) is 0 Å². The zero-order chi connectivity index (χ0) is 13.8. The summed E-state index contributed by atoms with van der Waals surface area (Å²) in [4.78, 5) is 0. The van der Waals surface area contributed by atoms with E-state index in [1.165, 1.54) is 11.1 Å². The predicted molar refractivity (Wildman–Crippen MR) is 80.6 cm³/mol. The molecule has 0 bridgehead atoms. The summed E-state index contributed by atoms with van der Waals surface area (Å²) < 4.78 is 11.0. The van der Waals surface area contributed by atoms with Crippen LogP contribution in [-0.2, 0) is 13.0 Å². The minimum Gasteiger partial charge on any atom is -0.494 e. The van der Waals surface area contributed by atoms with Crippen molar-refractivity contribution in [2.24, 2.45) is 0 Å². The van der Waals surface area contributed by atoms with Crippen LogP contribution in [0, 0.1) is 0 Å². The van der Waals surface area contributed by atoms with Crippen molar-refractivity contribution in [3.8, 4) is 11.5 Å². The molecule has 0 unspecified atom stereocenters. The fourth-order valence-corrected chi connectivity index (χ4v) is 2.37. The molecule has 0 amide bonds. The average molecular weight is 269 g/mol. The quantitative estimate of drug-likeness (QED) is 0.899. The number of fused-ring (bicyclic) bond motifs is 1. The molecule has 0 spiro atoms. The second-order valence-electron chi connectivity index (χ2n) is 4.85. The van der Waals surface area contributed by atoms with Gasteiger partial charge in [0, 0.05) is 18.7 Å². The summed E-state index contributed by atoms with van der Waals surface area (Å²) in [6.07, 6.45) is 1.01. The lowest BCUT2D eigenvalue weighted by Crippen LogP contribution is -2.00. The molecule has 0 aliphatic carbocycles. The van der Waals surface area contributed by atoms with Crippen LogP contribution in [0.25, 0.3) is 0 Å². The van der Waals surface area contributed by atoms with E-state index >= 15 is 0 Å². The first kappa shape index (κ1) is 12.9. The maximum Gasteiger partial charge on any atom is 0.122 e. The van der Waals surface area contributed by atoms with Gasteiger partial charge < -0.3 is 14.8 Å². The number of nitrogens with one attached hydrogen (secondary N) is 1. The Morgan fingerprint density at radius 3 is 2.80 bits per heavy atom. The van der Waals surface area contributed by atoms with Gasteiger partial charge in [0.05, 0.1) is 13.2 Å². The predicted octanol–water partition coefficient (Wildman–Crippen LogP) is 3.63. The Hall–Kier alpha value is -2.16. The van der Waals surface area contributed by atoms with Crippen LogP contribution in [0.3, 0.4) is 0 Å². The summed E-state index contributed by atoms with van der Waals surface area (Å²) in [6, 6.07) is 14.5. The number of benzene rings is 2. The summed E-state index contributed by atoms with van der Waals surface area (Å²) in [7, 11) is 0. The highest BCUT2D eigenvalue weighted by atomic mass is 16.5. The smallest absolute Gasteiger partial charge is 0.122 e. The van der Waals surface area contributed by atoms with E-state index in [1.807, 2.05) is 25.1 Å². The van der Waals surface area contributed by atoms with Gasteiger partial charge in [-0.3, -0.25) is 0 Å². The summed E-state index contributed by atoms with van der Waals surface area (Å²) in [5, 5.41) is 3.45. The number of anilines is 1. The van der Waals surface area contributed by atoms with Gasteiger partial charge in [0.15, 0.2) is 0 Å². The molecule has 3 nitrogen and oxygen atoms in total. The molecule has 0 fully saturated rings. The summed E-state index contributed by atoms with van der Waals surface area (Å²) in [5.74, 6) is 1.95. The van der Waals surface area contributed by atoms with Crippen molar-refractivity contribution in [1.29, 1.82) is 0 Å². The SMILES string of the molecule is CCOc1ccc(CNc2ccc3c(c2)CCO3)cc1. The van der Waals surface area contributed by atoms with E-state index in [0.717, 1.165) is 36.8 Å². The average Bonchev–Trinajstić information content (AvgIpc) is 2.94. The van der Waals surface area contributed by atoms with Crippen molar-refractivity contribution < 1.29 is 9.47 Å². The molecule has 0 saturated carbocycles. The van der Waals surface area contributed by atoms with Crippen LogP contribution in [-0.4, -0.2) is 13.2 Å². The Morgan fingerprint density at radius 1 is 1.15 bits per heavy atom. The van der Waals surface area contributed by atoms with E-state index in [1.54, 1.807) is 0 Å². The van der Waals surface area contributed by atoms with Crippen LogP contribution in [0.5, 0.6) is 11.5 Å². The van der Waals surface area contributed by atoms with Crippen LogP contribution in [0.15, 0.2) is 42.5 Å². The van der Waals surface area contributed by atoms with Crippen LogP contribution in [0.2, 0.25) is 0 Å². The maximum atomic E-state index is 5.51. The molecule has 1 N–H and O–H groups in total. The fourth-order valence-electron chi connectivity index (χ4n) is 2.37. The second-order valence-corrected chi connectivity index (χ2v) is 4.85. The summed E-state index contributed by atoms with van der Waals surface area (Å²) in [5.41, 5.74) is 3.68. The molecule has 3 heteroatoms. The first-order chi connectivity index (χ1) is 9.85. The van der Waals surface area contributed by atoms with E-state index in [4.69, 9.17) is 9.47 Å². The molecule has 1 aliphatic heterocycles. The zero-order valence-corrected chi connectivity index (χ0v) is 11.7. The van der Waals surface area contributed by atoms with Crippen molar-refractivity contribution in [2.75, 3.05) is 18.5 Å². The molecule has 0 aromatic heterocycles. The van der Waals surface area contributed by atoms with Gasteiger partial charge in [0.2, 0.25) is 0 Å². The molecule has 2 aromatic rings. The number of ether oxygens (including phenoxy) is 2. The second kappa shape index (κ2) is 5.87. The maximum absolute atomic E-state index is 5.51. The monoisotopic (exact) mass is 269 g/mol. The van der Waals surface area contributed by atoms with Gasteiger partial charge in [-0.25, -0.2) is 0 Å². The molecule has 104 valence electrons. The van der Waals surface area contributed by atoms with Crippen molar-refractivity contribution in [1.82, 2.24) is 0 Å². The van der Waals surface area contributed by atoms with E-state index < -0.39 is 0 Å². The third-order valence-electron chi connectivity index (χ3n) is 3.42. The van der Waals surface area contributed by atoms with Crippen LogP contribution in [0.4, 0.5) is 5.69 Å². The highest BCUT2D eigenvalue weighted by Crippen LogP contribution is 2.28. The Morgan fingerprint density at radius 2 is 2.00 bits per heavy atom. The zero-order valence-electron chi connectivity index (χ0n) is 11.7. The Balaban J connectivity index is 1.61. The molecular weight excluding hydrogens is 250 g/mol. The van der Waals surface area contributed by atoms with Crippen LogP contribution >= 0.6 is 0 Å². The Kier molecular flexibility index (Phi) is 3.77. The lowest BCUT2D eigenvalue weighted by Gasteiger charge is -2.09. The first-order valence-electron chi connectivity index (χ1n) is 7.06. The van der Waals surface area contributed by atoms with Gasteiger partial charge in [-0.05, 0) is 48.4 Å². The lowest BCUT2D eigenvalue weighted by molar-refractivity contribution is 0.340. The molecule has 0 saturated heterocycles. The molecule has 0 atom stereocenters. The van der Waals surface area contributed by atoms with Gasteiger partial charge in [0.25, 0.3) is 0 Å². The van der Waals surface area contributed by atoms with Gasteiger partial charge >= 0.3 is 0 Å².